The first-order valence-corrected chi connectivity index (χ1v) is 8.94. The molecule has 148 valence electrons. The summed E-state index contributed by atoms with van der Waals surface area (Å²) in [5.74, 6) is -0.712. The maximum absolute atomic E-state index is 13.1. The molecule has 0 saturated carbocycles. The molecule has 0 unspecified atom stereocenters. The van der Waals surface area contributed by atoms with Crippen molar-refractivity contribution >= 4 is 23.3 Å². The minimum atomic E-state index is -0.463. The highest BCUT2D eigenvalue weighted by atomic mass is 19.1. The number of nitrogens with one attached hydrogen (secondary N) is 1. The average Bonchev–Trinajstić information content (AvgIpc) is 2.66. The number of carbonyl (C=O) groups excluding carboxylic acids is 3. The SMILES string of the molecule is CCOc1ccc(C(=O)CCC(=O)N(C)CC(=O)Nc2cccc(F)c2)cc1. The van der Waals surface area contributed by atoms with E-state index in [9.17, 15) is 18.8 Å². The number of carbonyl (C=O) groups is 3. The first-order valence-electron chi connectivity index (χ1n) is 8.94. The van der Waals surface area contributed by atoms with Crippen LogP contribution in [0, 0.1) is 5.82 Å². The highest BCUT2D eigenvalue weighted by Gasteiger charge is 2.15. The standard InChI is InChI=1S/C21H23FN2O4/c1-3-28-18-9-7-15(8-10-18)19(25)11-12-21(27)24(2)14-20(26)23-17-6-4-5-16(22)13-17/h4-10,13H,3,11-12,14H2,1-2H3,(H,23,26). The Bertz CT molecular complexity index is 837. The Morgan fingerprint density at radius 1 is 1.07 bits per heavy atom. The molecule has 6 nitrogen and oxygen atoms in total. The zero-order valence-corrected chi connectivity index (χ0v) is 15.9. The highest BCUT2D eigenvalue weighted by Crippen LogP contribution is 2.14. The van der Waals surface area contributed by atoms with Crippen LogP contribution in [0.4, 0.5) is 10.1 Å². The molecule has 0 spiro atoms. The van der Waals surface area contributed by atoms with Gasteiger partial charge in [0.1, 0.15) is 11.6 Å². The molecule has 0 bridgehead atoms. The lowest BCUT2D eigenvalue weighted by atomic mass is 10.1. The van der Waals surface area contributed by atoms with E-state index >= 15 is 0 Å². The number of anilines is 1. The van der Waals surface area contributed by atoms with Crippen LogP contribution in [0.5, 0.6) is 5.75 Å². The lowest BCUT2D eigenvalue weighted by molar-refractivity contribution is -0.133. The maximum Gasteiger partial charge on any atom is 0.243 e. The molecule has 0 aliphatic rings. The van der Waals surface area contributed by atoms with Crippen LogP contribution in [-0.4, -0.2) is 42.7 Å². The number of hydrogen-bond donors (Lipinski definition) is 1. The van der Waals surface area contributed by atoms with Gasteiger partial charge in [-0.3, -0.25) is 14.4 Å². The van der Waals surface area contributed by atoms with Gasteiger partial charge in [-0.05, 0) is 49.4 Å². The normalized spacial score (nSPS) is 10.2. The maximum atomic E-state index is 13.1. The van der Waals surface area contributed by atoms with Gasteiger partial charge in [0.2, 0.25) is 11.8 Å². The van der Waals surface area contributed by atoms with Crippen LogP contribution in [0.2, 0.25) is 0 Å². The Labute approximate surface area is 163 Å². The van der Waals surface area contributed by atoms with Crippen LogP contribution in [0.3, 0.4) is 0 Å². The molecule has 2 rings (SSSR count). The second-order valence-electron chi connectivity index (χ2n) is 6.19. The van der Waals surface area contributed by atoms with Crippen molar-refractivity contribution in [3.8, 4) is 5.75 Å². The number of amides is 2. The number of likely N-dealkylation sites (N-methyl/N-ethyl adjacent to an activating group) is 1. The van der Waals surface area contributed by atoms with Gasteiger partial charge >= 0.3 is 0 Å². The van der Waals surface area contributed by atoms with Crippen LogP contribution in [-0.2, 0) is 9.59 Å². The summed E-state index contributed by atoms with van der Waals surface area (Å²) in [4.78, 5) is 37.6. The van der Waals surface area contributed by atoms with Crippen LogP contribution in [0.1, 0.15) is 30.1 Å². The van der Waals surface area contributed by atoms with Crippen molar-refractivity contribution in [1.82, 2.24) is 4.90 Å². The van der Waals surface area contributed by atoms with Gasteiger partial charge in [0.15, 0.2) is 5.78 Å². The predicted molar refractivity (Wildman–Crippen MR) is 104 cm³/mol. The number of ketones is 1. The Kier molecular flexibility index (Phi) is 7.68. The summed E-state index contributed by atoms with van der Waals surface area (Å²) in [5, 5.41) is 2.52. The van der Waals surface area contributed by atoms with E-state index in [4.69, 9.17) is 4.74 Å². The van der Waals surface area contributed by atoms with Crippen molar-refractivity contribution in [2.24, 2.45) is 0 Å². The van der Waals surface area contributed by atoms with Crippen molar-refractivity contribution < 1.29 is 23.5 Å². The minimum absolute atomic E-state index is 0.00418. The quantitative estimate of drug-likeness (QED) is 0.671. The van der Waals surface area contributed by atoms with Crippen molar-refractivity contribution in [3.05, 3.63) is 59.9 Å². The Morgan fingerprint density at radius 3 is 2.43 bits per heavy atom. The van der Waals surface area contributed by atoms with E-state index in [1.165, 1.54) is 30.1 Å². The fraction of sp³-hybridized carbons (Fsp3) is 0.286. The van der Waals surface area contributed by atoms with Crippen molar-refractivity contribution in [2.45, 2.75) is 19.8 Å². The van der Waals surface area contributed by atoms with Gasteiger partial charge in [0.25, 0.3) is 0 Å². The van der Waals surface area contributed by atoms with Gasteiger partial charge in [-0.15, -0.1) is 0 Å². The zero-order chi connectivity index (χ0) is 20.5. The lowest BCUT2D eigenvalue weighted by Gasteiger charge is -2.16. The summed E-state index contributed by atoms with van der Waals surface area (Å²) in [6, 6.07) is 12.2. The number of ether oxygens (including phenoxy) is 1. The zero-order valence-electron chi connectivity index (χ0n) is 15.9. The van der Waals surface area contributed by atoms with Gasteiger partial charge < -0.3 is 15.0 Å². The molecule has 7 heteroatoms. The molecular formula is C21H23FN2O4. The van der Waals surface area contributed by atoms with Crippen LogP contribution in [0.25, 0.3) is 0 Å². The molecule has 2 amide bonds. The van der Waals surface area contributed by atoms with Crippen molar-refractivity contribution in [2.75, 3.05) is 25.5 Å². The molecule has 0 atom stereocenters. The van der Waals surface area contributed by atoms with E-state index in [1.807, 2.05) is 6.92 Å². The number of hydrogen-bond acceptors (Lipinski definition) is 4. The van der Waals surface area contributed by atoms with Crippen LogP contribution in [0.15, 0.2) is 48.5 Å². The van der Waals surface area contributed by atoms with Crippen LogP contribution >= 0.6 is 0 Å². The molecule has 28 heavy (non-hydrogen) atoms. The van der Waals surface area contributed by atoms with Gasteiger partial charge in [-0.25, -0.2) is 4.39 Å². The molecule has 2 aromatic carbocycles. The van der Waals surface area contributed by atoms with Gasteiger partial charge in [-0.1, -0.05) is 6.07 Å². The summed E-state index contributed by atoms with van der Waals surface area (Å²) in [6.07, 6.45) is 0.0401. The van der Waals surface area contributed by atoms with Crippen molar-refractivity contribution in [1.29, 1.82) is 0 Å². The molecular weight excluding hydrogens is 363 g/mol. The van der Waals surface area contributed by atoms with E-state index in [1.54, 1.807) is 30.3 Å². The van der Waals surface area contributed by atoms with Crippen molar-refractivity contribution in [3.63, 3.8) is 0 Å². The fourth-order valence-electron chi connectivity index (χ4n) is 2.53. The molecule has 2 aromatic rings. The van der Waals surface area contributed by atoms with E-state index < -0.39 is 11.7 Å². The third-order valence-corrected chi connectivity index (χ3v) is 3.97. The summed E-state index contributed by atoms with van der Waals surface area (Å²) in [5.41, 5.74) is 0.819. The Morgan fingerprint density at radius 2 is 1.79 bits per heavy atom. The third-order valence-electron chi connectivity index (χ3n) is 3.97. The highest BCUT2D eigenvalue weighted by molar-refractivity contribution is 5.99. The second kappa shape index (κ2) is 10.2. The smallest absolute Gasteiger partial charge is 0.243 e. The fourth-order valence-corrected chi connectivity index (χ4v) is 2.53. The van der Waals surface area contributed by atoms with E-state index in [2.05, 4.69) is 5.32 Å². The molecule has 0 radical (unpaired) electrons. The number of rotatable bonds is 9. The largest absolute Gasteiger partial charge is 0.494 e. The minimum Gasteiger partial charge on any atom is -0.494 e. The molecule has 1 N–H and O–H groups in total. The third kappa shape index (κ3) is 6.50. The first-order chi connectivity index (χ1) is 13.4. The van der Waals surface area contributed by atoms with E-state index in [0.29, 0.717) is 23.6 Å². The second-order valence-corrected chi connectivity index (χ2v) is 6.19. The molecule has 0 saturated heterocycles. The van der Waals surface area contributed by atoms with Gasteiger partial charge in [0, 0.05) is 31.1 Å². The van der Waals surface area contributed by atoms with Gasteiger partial charge in [0.05, 0.1) is 13.2 Å². The number of Topliss-reactive ketones (excluding diaryl/α,β-unsaturated/α-hetero) is 1. The number of nitrogens with zero attached hydrogens (tertiary/aromatic N) is 1. The summed E-state index contributed by atoms with van der Waals surface area (Å²) < 4.78 is 18.5. The summed E-state index contributed by atoms with van der Waals surface area (Å²) >= 11 is 0. The number of benzene rings is 2. The van der Waals surface area contributed by atoms with Gasteiger partial charge in [-0.2, -0.15) is 0 Å². The Hall–Kier alpha value is -3.22. The van der Waals surface area contributed by atoms with Crippen LogP contribution < -0.4 is 10.1 Å². The predicted octanol–water partition coefficient (Wildman–Crippen LogP) is 3.28. The Balaban J connectivity index is 1.79. The first kappa shape index (κ1) is 21.1. The molecule has 0 heterocycles. The molecule has 0 aliphatic heterocycles. The summed E-state index contributed by atoms with van der Waals surface area (Å²) in [6.45, 7) is 2.23. The monoisotopic (exact) mass is 386 g/mol. The van der Waals surface area contributed by atoms with E-state index in [0.717, 1.165) is 0 Å². The molecule has 0 aliphatic carbocycles. The molecule has 0 fully saturated rings. The summed E-state index contributed by atoms with van der Waals surface area (Å²) in [7, 11) is 1.48. The molecule has 0 aromatic heterocycles. The lowest BCUT2D eigenvalue weighted by Crippen LogP contribution is -2.35. The van der Waals surface area contributed by atoms with E-state index in [-0.39, 0.29) is 31.1 Å². The average molecular weight is 386 g/mol. The number of halogens is 1. The topological polar surface area (TPSA) is 75.7 Å².